The van der Waals surface area contributed by atoms with Crippen molar-refractivity contribution in [3.8, 4) is 11.1 Å². The van der Waals surface area contributed by atoms with E-state index in [0.717, 1.165) is 11.1 Å². The number of carbonyl (C=O) groups is 1. The van der Waals surface area contributed by atoms with Crippen LogP contribution in [0.25, 0.3) is 11.1 Å². The number of hydroxylamine groups is 1. The minimum Gasteiger partial charge on any atom is -0.281 e. The Labute approximate surface area is 139 Å². The van der Waals surface area contributed by atoms with Crippen LogP contribution in [-0.4, -0.2) is 11.1 Å². The first kappa shape index (κ1) is 15.3. The summed E-state index contributed by atoms with van der Waals surface area (Å²) in [5, 5.41) is 11.3. The Morgan fingerprint density at radius 3 is 2.26 bits per heavy atom. The number of nitrogens with zero attached hydrogens (tertiary/aromatic N) is 1. The van der Waals surface area contributed by atoms with Crippen LogP contribution in [0.3, 0.4) is 0 Å². The van der Waals surface area contributed by atoms with Crippen molar-refractivity contribution in [2.24, 2.45) is 0 Å². The zero-order valence-electron chi connectivity index (χ0n) is 12.2. The lowest BCUT2D eigenvalue weighted by molar-refractivity contribution is 0.0855. The van der Waals surface area contributed by atoms with Crippen molar-refractivity contribution in [3.05, 3.63) is 89.4 Å². The third kappa shape index (κ3) is 3.42. The van der Waals surface area contributed by atoms with E-state index in [9.17, 15) is 10.0 Å². The lowest BCUT2D eigenvalue weighted by Gasteiger charge is -2.16. The predicted molar refractivity (Wildman–Crippen MR) is 91.9 cm³/mol. The highest BCUT2D eigenvalue weighted by molar-refractivity contribution is 6.31. The first-order chi connectivity index (χ1) is 11.1. The molecule has 0 saturated heterocycles. The van der Waals surface area contributed by atoms with Gasteiger partial charge in [-0.25, -0.2) is 0 Å². The van der Waals surface area contributed by atoms with Crippen LogP contribution in [-0.2, 0) is 0 Å². The van der Waals surface area contributed by atoms with Crippen molar-refractivity contribution >= 4 is 23.2 Å². The van der Waals surface area contributed by atoms with Gasteiger partial charge in [0.1, 0.15) is 0 Å². The molecule has 0 spiro atoms. The third-order valence-electron chi connectivity index (χ3n) is 3.46. The molecule has 0 saturated carbocycles. The highest BCUT2D eigenvalue weighted by atomic mass is 35.5. The maximum absolute atomic E-state index is 12.4. The average Bonchev–Trinajstić information content (AvgIpc) is 2.61. The number of rotatable bonds is 3. The largest absolute Gasteiger partial charge is 0.282 e. The Balaban J connectivity index is 1.91. The summed E-state index contributed by atoms with van der Waals surface area (Å²) in [6.45, 7) is 0. The van der Waals surface area contributed by atoms with Crippen molar-refractivity contribution in [3.63, 3.8) is 0 Å². The molecular weight excluding hydrogens is 310 g/mol. The van der Waals surface area contributed by atoms with Crippen molar-refractivity contribution in [2.45, 2.75) is 0 Å². The molecule has 114 valence electrons. The molecule has 3 aromatic carbocycles. The highest BCUT2D eigenvalue weighted by Crippen LogP contribution is 2.25. The van der Waals surface area contributed by atoms with Gasteiger partial charge < -0.3 is 0 Å². The Morgan fingerprint density at radius 2 is 1.52 bits per heavy atom. The second-order valence-corrected chi connectivity index (χ2v) is 5.48. The standard InChI is InChI=1S/C19H14ClNO2/c20-17-10-4-9-16(12-17)19(22)21(23)18-11-5-8-15(13-18)14-6-2-1-3-7-14/h1-13,23H. The van der Waals surface area contributed by atoms with Crippen molar-refractivity contribution in [1.82, 2.24) is 0 Å². The van der Waals surface area contributed by atoms with E-state index in [4.69, 9.17) is 11.6 Å². The maximum atomic E-state index is 12.4. The summed E-state index contributed by atoms with van der Waals surface area (Å²) >= 11 is 5.89. The molecule has 0 radical (unpaired) electrons. The van der Waals surface area contributed by atoms with Gasteiger partial charge >= 0.3 is 0 Å². The summed E-state index contributed by atoms with van der Waals surface area (Å²) in [5.74, 6) is -0.530. The number of hydrogen-bond donors (Lipinski definition) is 1. The van der Waals surface area contributed by atoms with Crippen LogP contribution in [0.4, 0.5) is 5.69 Å². The van der Waals surface area contributed by atoms with Gasteiger partial charge in [0.25, 0.3) is 5.91 Å². The minimum atomic E-state index is -0.530. The zero-order chi connectivity index (χ0) is 16.2. The molecular formula is C19H14ClNO2. The molecule has 0 heterocycles. The predicted octanol–water partition coefficient (Wildman–Crippen LogP) is 5.04. The molecule has 0 aromatic heterocycles. The summed E-state index contributed by atoms with van der Waals surface area (Å²) in [6, 6.07) is 23.4. The zero-order valence-corrected chi connectivity index (χ0v) is 12.9. The van der Waals surface area contributed by atoms with Gasteiger partial charge in [0.15, 0.2) is 0 Å². The molecule has 3 rings (SSSR count). The molecule has 0 aliphatic rings. The van der Waals surface area contributed by atoms with Crippen LogP contribution in [0, 0.1) is 0 Å². The molecule has 0 aliphatic heterocycles. The van der Waals surface area contributed by atoms with Crippen LogP contribution >= 0.6 is 11.6 Å². The van der Waals surface area contributed by atoms with Gasteiger partial charge in [-0.1, -0.05) is 60.1 Å². The van der Waals surface area contributed by atoms with Crippen LogP contribution in [0.5, 0.6) is 0 Å². The first-order valence-corrected chi connectivity index (χ1v) is 7.47. The fourth-order valence-corrected chi connectivity index (χ4v) is 2.50. The second-order valence-electron chi connectivity index (χ2n) is 5.04. The van der Waals surface area contributed by atoms with E-state index in [1.54, 1.807) is 36.4 Å². The van der Waals surface area contributed by atoms with Gasteiger partial charge in [0.05, 0.1) is 5.69 Å². The van der Waals surface area contributed by atoms with E-state index in [1.165, 1.54) is 6.07 Å². The number of hydrogen-bond acceptors (Lipinski definition) is 2. The van der Waals surface area contributed by atoms with E-state index < -0.39 is 5.91 Å². The monoisotopic (exact) mass is 323 g/mol. The maximum Gasteiger partial charge on any atom is 0.282 e. The fraction of sp³-hybridized carbons (Fsp3) is 0. The van der Waals surface area contributed by atoms with Gasteiger partial charge in [0.2, 0.25) is 0 Å². The molecule has 4 heteroatoms. The first-order valence-electron chi connectivity index (χ1n) is 7.09. The molecule has 1 amide bonds. The van der Waals surface area contributed by atoms with E-state index >= 15 is 0 Å². The number of amides is 1. The average molecular weight is 324 g/mol. The SMILES string of the molecule is O=C(c1cccc(Cl)c1)N(O)c1cccc(-c2ccccc2)c1. The molecule has 0 unspecified atom stereocenters. The highest BCUT2D eigenvalue weighted by Gasteiger charge is 2.16. The number of carbonyl (C=O) groups excluding carboxylic acids is 1. The molecule has 0 bridgehead atoms. The molecule has 1 N–H and O–H groups in total. The van der Waals surface area contributed by atoms with Crippen LogP contribution in [0.2, 0.25) is 5.02 Å². The van der Waals surface area contributed by atoms with E-state index in [-0.39, 0.29) is 0 Å². The van der Waals surface area contributed by atoms with Crippen molar-refractivity contribution in [2.75, 3.05) is 5.06 Å². The lowest BCUT2D eigenvalue weighted by atomic mass is 10.1. The molecule has 23 heavy (non-hydrogen) atoms. The lowest BCUT2D eigenvalue weighted by Crippen LogP contribution is -2.26. The topological polar surface area (TPSA) is 40.5 Å². The molecule has 0 atom stereocenters. The second kappa shape index (κ2) is 6.65. The smallest absolute Gasteiger partial charge is 0.281 e. The Bertz CT molecular complexity index is 834. The molecule has 0 fully saturated rings. The van der Waals surface area contributed by atoms with Crippen LogP contribution in [0.15, 0.2) is 78.9 Å². The molecule has 0 aliphatic carbocycles. The van der Waals surface area contributed by atoms with Gasteiger partial charge in [-0.3, -0.25) is 10.0 Å². The number of halogens is 1. The van der Waals surface area contributed by atoms with E-state index in [1.807, 2.05) is 36.4 Å². The van der Waals surface area contributed by atoms with E-state index in [0.29, 0.717) is 21.3 Å². The van der Waals surface area contributed by atoms with Crippen molar-refractivity contribution in [1.29, 1.82) is 0 Å². The Hall–Kier alpha value is -2.62. The van der Waals surface area contributed by atoms with Crippen LogP contribution in [0.1, 0.15) is 10.4 Å². The summed E-state index contributed by atoms with van der Waals surface area (Å²) in [7, 11) is 0. The van der Waals surface area contributed by atoms with Gasteiger partial charge in [-0.05, 0) is 41.5 Å². The Morgan fingerprint density at radius 1 is 0.826 bits per heavy atom. The Kier molecular flexibility index (Phi) is 4.42. The molecule has 3 aromatic rings. The number of anilines is 1. The third-order valence-corrected chi connectivity index (χ3v) is 3.70. The van der Waals surface area contributed by atoms with Gasteiger partial charge in [0, 0.05) is 10.6 Å². The summed E-state index contributed by atoms with van der Waals surface area (Å²) < 4.78 is 0. The fourth-order valence-electron chi connectivity index (χ4n) is 2.31. The summed E-state index contributed by atoms with van der Waals surface area (Å²) in [5.41, 5.74) is 2.65. The van der Waals surface area contributed by atoms with Gasteiger partial charge in [-0.15, -0.1) is 0 Å². The minimum absolute atomic E-state index is 0.324. The van der Waals surface area contributed by atoms with Gasteiger partial charge in [-0.2, -0.15) is 5.06 Å². The quantitative estimate of drug-likeness (QED) is 0.541. The molecule has 3 nitrogen and oxygen atoms in total. The van der Waals surface area contributed by atoms with E-state index in [2.05, 4.69) is 0 Å². The van der Waals surface area contributed by atoms with Crippen molar-refractivity contribution < 1.29 is 10.0 Å². The van der Waals surface area contributed by atoms with Crippen LogP contribution < -0.4 is 5.06 Å². The summed E-state index contributed by atoms with van der Waals surface area (Å²) in [4.78, 5) is 12.4. The summed E-state index contributed by atoms with van der Waals surface area (Å²) in [6.07, 6.45) is 0. The normalized spacial score (nSPS) is 10.3. The number of benzene rings is 3.